The Bertz CT molecular complexity index is 501. The smallest absolute Gasteiger partial charge is 0.242 e. The Balaban J connectivity index is 2.05. The van der Waals surface area contributed by atoms with Gasteiger partial charge in [0, 0.05) is 38.0 Å². The van der Waals surface area contributed by atoms with E-state index in [1.54, 1.807) is 30.1 Å². The van der Waals surface area contributed by atoms with E-state index in [1.807, 2.05) is 0 Å². The molecule has 1 aromatic heterocycles. The zero-order chi connectivity index (χ0) is 13.2. The van der Waals surface area contributed by atoms with Gasteiger partial charge in [-0.25, -0.2) is 13.1 Å². The van der Waals surface area contributed by atoms with Gasteiger partial charge in [-0.2, -0.15) is 0 Å². The van der Waals surface area contributed by atoms with Gasteiger partial charge in [0.25, 0.3) is 0 Å². The van der Waals surface area contributed by atoms with Gasteiger partial charge in [-0.1, -0.05) is 12.8 Å². The summed E-state index contributed by atoms with van der Waals surface area (Å²) in [5, 5.41) is 9.45. The van der Waals surface area contributed by atoms with Crippen LogP contribution in [0.4, 0.5) is 0 Å². The van der Waals surface area contributed by atoms with Crippen molar-refractivity contribution in [3.63, 3.8) is 0 Å². The number of hydrogen-bond acceptors (Lipinski definition) is 3. The number of aliphatic hydroxyl groups is 1. The van der Waals surface area contributed by atoms with E-state index in [4.69, 9.17) is 0 Å². The Labute approximate surface area is 108 Å². The topological polar surface area (TPSA) is 71.3 Å². The van der Waals surface area contributed by atoms with Gasteiger partial charge in [0.05, 0.1) is 4.90 Å². The molecule has 0 amide bonds. The first kappa shape index (κ1) is 13.6. The lowest BCUT2D eigenvalue weighted by molar-refractivity contribution is 0.134. The Morgan fingerprint density at radius 2 is 2.11 bits per heavy atom. The minimum Gasteiger partial charge on any atom is -0.396 e. The van der Waals surface area contributed by atoms with Crippen molar-refractivity contribution in [3.8, 4) is 0 Å². The van der Waals surface area contributed by atoms with Crippen LogP contribution in [-0.2, 0) is 17.1 Å². The molecule has 0 aliphatic heterocycles. The molecular weight excluding hydrogens is 252 g/mol. The molecule has 1 fully saturated rings. The van der Waals surface area contributed by atoms with Crippen molar-refractivity contribution in [2.45, 2.75) is 30.6 Å². The summed E-state index contributed by atoms with van der Waals surface area (Å²) in [5.41, 5.74) is -0.262. The van der Waals surface area contributed by atoms with Gasteiger partial charge in [-0.05, 0) is 18.9 Å². The molecule has 5 nitrogen and oxygen atoms in total. The Morgan fingerprint density at radius 3 is 2.61 bits per heavy atom. The zero-order valence-electron chi connectivity index (χ0n) is 10.6. The first-order chi connectivity index (χ1) is 8.47. The van der Waals surface area contributed by atoms with Crippen LogP contribution in [0.2, 0.25) is 0 Å². The molecule has 2 N–H and O–H groups in total. The van der Waals surface area contributed by atoms with Crippen molar-refractivity contribution in [2.24, 2.45) is 12.5 Å². The SMILES string of the molecule is Cn1ccc(S(=O)(=O)NCC2(CO)CCCC2)c1. The van der Waals surface area contributed by atoms with E-state index in [0.717, 1.165) is 25.7 Å². The summed E-state index contributed by atoms with van der Waals surface area (Å²) in [5.74, 6) is 0. The molecule has 1 aliphatic carbocycles. The third-order valence-corrected chi connectivity index (χ3v) is 5.14. The van der Waals surface area contributed by atoms with Gasteiger partial charge in [0.15, 0.2) is 0 Å². The number of aliphatic hydroxyl groups excluding tert-OH is 1. The predicted molar refractivity (Wildman–Crippen MR) is 68.6 cm³/mol. The quantitative estimate of drug-likeness (QED) is 0.835. The van der Waals surface area contributed by atoms with E-state index in [-0.39, 0.29) is 16.9 Å². The standard InChI is InChI=1S/C12H20N2O3S/c1-14-7-4-11(8-14)18(16,17)13-9-12(10-15)5-2-3-6-12/h4,7-8,13,15H,2-3,5-6,9-10H2,1H3. The second kappa shape index (κ2) is 5.03. The van der Waals surface area contributed by atoms with E-state index in [2.05, 4.69) is 4.72 Å². The summed E-state index contributed by atoms with van der Waals surface area (Å²) in [4.78, 5) is 0.274. The van der Waals surface area contributed by atoms with Crippen LogP contribution in [0.3, 0.4) is 0 Å². The maximum absolute atomic E-state index is 12.1. The molecule has 1 aliphatic rings. The number of nitrogens with one attached hydrogen (secondary N) is 1. The van der Waals surface area contributed by atoms with Crippen molar-refractivity contribution < 1.29 is 13.5 Å². The molecule has 6 heteroatoms. The van der Waals surface area contributed by atoms with Crippen LogP contribution in [0.25, 0.3) is 0 Å². The lowest BCUT2D eigenvalue weighted by Crippen LogP contribution is -2.38. The highest BCUT2D eigenvalue weighted by molar-refractivity contribution is 7.89. The van der Waals surface area contributed by atoms with Gasteiger partial charge in [0.1, 0.15) is 0 Å². The fourth-order valence-electron chi connectivity index (χ4n) is 2.48. The van der Waals surface area contributed by atoms with Gasteiger partial charge in [0.2, 0.25) is 10.0 Å². The summed E-state index contributed by atoms with van der Waals surface area (Å²) >= 11 is 0. The molecule has 2 rings (SSSR count). The van der Waals surface area contributed by atoms with Crippen molar-refractivity contribution in [2.75, 3.05) is 13.2 Å². The summed E-state index contributed by atoms with van der Waals surface area (Å²) in [6.45, 7) is 0.366. The van der Waals surface area contributed by atoms with E-state index in [9.17, 15) is 13.5 Å². The lowest BCUT2D eigenvalue weighted by atomic mass is 9.88. The van der Waals surface area contributed by atoms with E-state index < -0.39 is 10.0 Å². The Hall–Kier alpha value is -0.850. The number of hydrogen-bond donors (Lipinski definition) is 2. The molecule has 0 atom stereocenters. The summed E-state index contributed by atoms with van der Waals surface area (Å²) in [7, 11) is -1.67. The molecule has 0 saturated heterocycles. The fraction of sp³-hybridized carbons (Fsp3) is 0.667. The minimum atomic E-state index is -3.46. The predicted octanol–water partition coefficient (Wildman–Crippen LogP) is 0.856. The molecule has 0 radical (unpaired) electrons. The van der Waals surface area contributed by atoms with Gasteiger partial charge in [-0.15, -0.1) is 0 Å². The molecular formula is C12H20N2O3S. The van der Waals surface area contributed by atoms with Crippen molar-refractivity contribution in [3.05, 3.63) is 18.5 Å². The average Bonchev–Trinajstić information content (AvgIpc) is 2.96. The first-order valence-electron chi connectivity index (χ1n) is 6.20. The summed E-state index contributed by atoms with van der Waals surface area (Å²) < 4.78 is 28.4. The first-order valence-corrected chi connectivity index (χ1v) is 7.68. The highest BCUT2D eigenvalue weighted by Crippen LogP contribution is 2.37. The highest BCUT2D eigenvalue weighted by atomic mass is 32.2. The number of nitrogens with zero attached hydrogens (tertiary/aromatic N) is 1. The fourth-order valence-corrected chi connectivity index (χ4v) is 3.69. The zero-order valence-corrected chi connectivity index (χ0v) is 11.4. The summed E-state index contributed by atoms with van der Waals surface area (Å²) in [6.07, 6.45) is 7.18. The van der Waals surface area contributed by atoms with Gasteiger partial charge >= 0.3 is 0 Å². The number of sulfonamides is 1. The Morgan fingerprint density at radius 1 is 1.44 bits per heavy atom. The lowest BCUT2D eigenvalue weighted by Gasteiger charge is -2.26. The molecule has 1 saturated carbocycles. The molecule has 1 heterocycles. The monoisotopic (exact) mass is 272 g/mol. The molecule has 102 valence electrons. The number of rotatable bonds is 5. The van der Waals surface area contributed by atoms with Crippen LogP contribution in [0.1, 0.15) is 25.7 Å². The molecule has 0 spiro atoms. The van der Waals surface area contributed by atoms with Crippen LogP contribution in [0.5, 0.6) is 0 Å². The third kappa shape index (κ3) is 2.76. The van der Waals surface area contributed by atoms with E-state index >= 15 is 0 Å². The van der Waals surface area contributed by atoms with Crippen molar-refractivity contribution in [1.82, 2.24) is 9.29 Å². The normalized spacial score (nSPS) is 19.2. The molecule has 1 aromatic rings. The van der Waals surface area contributed by atoms with Crippen LogP contribution in [0.15, 0.2) is 23.4 Å². The van der Waals surface area contributed by atoms with Crippen LogP contribution >= 0.6 is 0 Å². The van der Waals surface area contributed by atoms with E-state index in [0.29, 0.717) is 6.54 Å². The minimum absolute atomic E-state index is 0.0459. The third-order valence-electron chi connectivity index (χ3n) is 3.75. The van der Waals surface area contributed by atoms with E-state index in [1.165, 1.54) is 0 Å². The second-order valence-electron chi connectivity index (χ2n) is 5.20. The molecule has 0 unspecified atom stereocenters. The van der Waals surface area contributed by atoms with Crippen molar-refractivity contribution >= 4 is 10.0 Å². The molecule has 0 bridgehead atoms. The van der Waals surface area contributed by atoms with Crippen LogP contribution in [0, 0.1) is 5.41 Å². The maximum atomic E-state index is 12.1. The summed E-state index contributed by atoms with van der Waals surface area (Å²) in [6, 6.07) is 1.57. The number of aromatic nitrogens is 1. The maximum Gasteiger partial charge on any atom is 0.242 e. The van der Waals surface area contributed by atoms with Crippen LogP contribution < -0.4 is 4.72 Å². The molecule has 18 heavy (non-hydrogen) atoms. The van der Waals surface area contributed by atoms with Crippen molar-refractivity contribution in [1.29, 1.82) is 0 Å². The highest BCUT2D eigenvalue weighted by Gasteiger charge is 2.34. The van der Waals surface area contributed by atoms with Gasteiger partial charge < -0.3 is 9.67 Å². The molecule has 0 aromatic carbocycles. The van der Waals surface area contributed by atoms with Gasteiger partial charge in [-0.3, -0.25) is 0 Å². The largest absolute Gasteiger partial charge is 0.396 e. The number of aryl methyl sites for hydroxylation is 1. The second-order valence-corrected chi connectivity index (χ2v) is 6.97. The van der Waals surface area contributed by atoms with Crippen LogP contribution in [-0.4, -0.2) is 31.2 Å². The average molecular weight is 272 g/mol. The Kier molecular flexibility index (Phi) is 3.79.